The van der Waals surface area contributed by atoms with E-state index < -0.39 is 9.84 Å². The van der Waals surface area contributed by atoms with E-state index in [1.54, 1.807) is 6.07 Å². The average Bonchev–Trinajstić information content (AvgIpc) is 2.26. The first-order valence-electron chi connectivity index (χ1n) is 5.47. The van der Waals surface area contributed by atoms with Crippen molar-refractivity contribution in [3.05, 3.63) is 29.8 Å². The Bertz CT molecular complexity index is 494. The van der Waals surface area contributed by atoms with Gasteiger partial charge >= 0.3 is 0 Å². The molecular formula is C12H17NO3S. The highest BCUT2D eigenvalue weighted by molar-refractivity contribution is 7.90. The highest BCUT2D eigenvalue weighted by atomic mass is 32.2. The molecule has 0 radical (unpaired) electrons. The number of hydrogen-bond donors (Lipinski definition) is 1. The number of hydrogen-bond acceptors (Lipinski definition) is 3. The van der Waals surface area contributed by atoms with Crippen molar-refractivity contribution in [2.24, 2.45) is 0 Å². The summed E-state index contributed by atoms with van der Waals surface area (Å²) in [6.07, 6.45) is 2.01. The maximum atomic E-state index is 11.5. The fourth-order valence-electron chi connectivity index (χ4n) is 1.37. The van der Waals surface area contributed by atoms with Crippen LogP contribution in [0, 0.1) is 0 Å². The standard InChI is InChI=1S/C12H17NO3S/c1-3-10-5-4-6-11(9-10)13-12(14)7-8-17(2,15)16/h4-6,9H,3,7-8H2,1-2H3,(H,13,14). The van der Waals surface area contributed by atoms with Crippen LogP contribution in [0.4, 0.5) is 5.69 Å². The van der Waals surface area contributed by atoms with Crippen molar-refractivity contribution in [2.75, 3.05) is 17.3 Å². The zero-order valence-corrected chi connectivity index (χ0v) is 10.9. The number of carbonyl (C=O) groups excluding carboxylic acids is 1. The largest absolute Gasteiger partial charge is 0.326 e. The summed E-state index contributed by atoms with van der Waals surface area (Å²) in [5, 5.41) is 2.69. The van der Waals surface area contributed by atoms with Crippen LogP contribution < -0.4 is 5.32 Å². The first-order chi connectivity index (χ1) is 7.90. The molecule has 0 aromatic heterocycles. The van der Waals surface area contributed by atoms with Gasteiger partial charge in [-0.05, 0) is 24.1 Å². The summed E-state index contributed by atoms with van der Waals surface area (Å²) in [7, 11) is -3.09. The normalized spacial score (nSPS) is 11.2. The summed E-state index contributed by atoms with van der Waals surface area (Å²) in [4.78, 5) is 11.5. The van der Waals surface area contributed by atoms with Crippen molar-refractivity contribution in [1.82, 2.24) is 0 Å². The average molecular weight is 255 g/mol. The van der Waals surface area contributed by atoms with Crippen LogP contribution in [0.3, 0.4) is 0 Å². The van der Waals surface area contributed by atoms with Crippen LogP contribution in [0.2, 0.25) is 0 Å². The minimum atomic E-state index is -3.09. The van der Waals surface area contributed by atoms with Gasteiger partial charge in [-0.3, -0.25) is 4.79 Å². The Balaban J connectivity index is 2.56. The second kappa shape index (κ2) is 5.82. The fourth-order valence-corrected chi connectivity index (χ4v) is 1.93. The Morgan fingerprint density at radius 3 is 2.65 bits per heavy atom. The number of nitrogens with one attached hydrogen (secondary N) is 1. The van der Waals surface area contributed by atoms with Crippen LogP contribution in [0.25, 0.3) is 0 Å². The molecule has 0 aliphatic rings. The molecule has 0 bridgehead atoms. The smallest absolute Gasteiger partial charge is 0.225 e. The molecule has 0 heterocycles. The SMILES string of the molecule is CCc1cccc(NC(=O)CCS(C)(=O)=O)c1. The molecule has 94 valence electrons. The van der Waals surface area contributed by atoms with Crippen LogP contribution in [0.15, 0.2) is 24.3 Å². The third-order valence-corrected chi connectivity index (χ3v) is 3.26. The molecule has 1 amide bonds. The Labute approximate surface area is 102 Å². The second-order valence-electron chi connectivity index (χ2n) is 3.98. The molecule has 17 heavy (non-hydrogen) atoms. The van der Waals surface area contributed by atoms with E-state index in [4.69, 9.17) is 0 Å². The molecule has 1 aromatic rings. The number of sulfone groups is 1. The number of anilines is 1. The van der Waals surface area contributed by atoms with Gasteiger partial charge in [0.1, 0.15) is 9.84 Å². The van der Waals surface area contributed by atoms with Gasteiger partial charge in [-0.25, -0.2) is 8.42 Å². The molecule has 1 N–H and O–H groups in total. The zero-order chi connectivity index (χ0) is 12.9. The maximum absolute atomic E-state index is 11.5. The highest BCUT2D eigenvalue weighted by Crippen LogP contribution is 2.11. The van der Waals surface area contributed by atoms with E-state index in [-0.39, 0.29) is 18.1 Å². The van der Waals surface area contributed by atoms with Gasteiger partial charge in [0.15, 0.2) is 0 Å². The van der Waals surface area contributed by atoms with E-state index in [1.165, 1.54) is 0 Å². The Hall–Kier alpha value is -1.36. The summed E-state index contributed by atoms with van der Waals surface area (Å²) >= 11 is 0. The van der Waals surface area contributed by atoms with Crippen molar-refractivity contribution in [1.29, 1.82) is 0 Å². The molecule has 1 aromatic carbocycles. The fraction of sp³-hybridized carbons (Fsp3) is 0.417. The molecule has 0 spiro atoms. The third-order valence-electron chi connectivity index (χ3n) is 2.32. The van der Waals surface area contributed by atoms with E-state index in [0.717, 1.165) is 18.2 Å². The van der Waals surface area contributed by atoms with E-state index >= 15 is 0 Å². The number of benzene rings is 1. The van der Waals surface area contributed by atoms with Crippen molar-refractivity contribution in [3.8, 4) is 0 Å². The summed E-state index contributed by atoms with van der Waals surface area (Å²) in [6, 6.07) is 7.52. The second-order valence-corrected chi connectivity index (χ2v) is 6.24. The van der Waals surface area contributed by atoms with Gasteiger partial charge in [0, 0.05) is 18.4 Å². The molecule has 0 atom stereocenters. The number of carbonyl (C=O) groups is 1. The predicted octanol–water partition coefficient (Wildman–Crippen LogP) is 1.62. The van der Waals surface area contributed by atoms with Crippen molar-refractivity contribution in [2.45, 2.75) is 19.8 Å². The van der Waals surface area contributed by atoms with E-state index in [9.17, 15) is 13.2 Å². The Kier molecular flexibility index (Phi) is 4.69. The molecule has 0 aliphatic carbocycles. The number of rotatable bonds is 5. The van der Waals surface area contributed by atoms with Crippen LogP contribution >= 0.6 is 0 Å². The molecular weight excluding hydrogens is 238 g/mol. The van der Waals surface area contributed by atoms with Gasteiger partial charge in [-0.15, -0.1) is 0 Å². The van der Waals surface area contributed by atoms with Crippen molar-refractivity contribution in [3.63, 3.8) is 0 Å². The van der Waals surface area contributed by atoms with Crippen LogP contribution in [0.1, 0.15) is 18.9 Å². The van der Waals surface area contributed by atoms with E-state index in [1.807, 2.05) is 25.1 Å². The first-order valence-corrected chi connectivity index (χ1v) is 7.53. The van der Waals surface area contributed by atoms with Crippen molar-refractivity contribution < 1.29 is 13.2 Å². The van der Waals surface area contributed by atoms with E-state index in [0.29, 0.717) is 5.69 Å². The quantitative estimate of drug-likeness (QED) is 0.869. The lowest BCUT2D eigenvalue weighted by molar-refractivity contribution is -0.115. The Morgan fingerprint density at radius 1 is 1.35 bits per heavy atom. The highest BCUT2D eigenvalue weighted by Gasteiger charge is 2.08. The van der Waals surface area contributed by atoms with Crippen LogP contribution in [-0.4, -0.2) is 26.3 Å². The molecule has 0 fully saturated rings. The molecule has 0 aliphatic heterocycles. The van der Waals surface area contributed by atoms with Gasteiger partial charge in [0.2, 0.25) is 5.91 Å². The molecule has 1 rings (SSSR count). The van der Waals surface area contributed by atoms with Crippen LogP contribution in [0.5, 0.6) is 0 Å². The monoisotopic (exact) mass is 255 g/mol. The van der Waals surface area contributed by atoms with Gasteiger partial charge in [0.05, 0.1) is 5.75 Å². The van der Waals surface area contributed by atoms with Gasteiger partial charge in [-0.1, -0.05) is 19.1 Å². The molecule has 5 heteroatoms. The van der Waals surface area contributed by atoms with Crippen molar-refractivity contribution >= 4 is 21.4 Å². The Morgan fingerprint density at radius 2 is 2.06 bits per heavy atom. The lowest BCUT2D eigenvalue weighted by Crippen LogP contribution is -2.16. The topological polar surface area (TPSA) is 63.2 Å². The molecule has 0 unspecified atom stereocenters. The number of amides is 1. The van der Waals surface area contributed by atoms with Gasteiger partial charge in [0.25, 0.3) is 0 Å². The zero-order valence-electron chi connectivity index (χ0n) is 10.1. The number of aryl methyl sites for hydroxylation is 1. The minimum Gasteiger partial charge on any atom is -0.326 e. The summed E-state index contributed by atoms with van der Waals surface area (Å²) < 4.78 is 21.8. The summed E-state index contributed by atoms with van der Waals surface area (Å²) in [6.45, 7) is 2.03. The van der Waals surface area contributed by atoms with E-state index in [2.05, 4.69) is 5.32 Å². The lowest BCUT2D eigenvalue weighted by Gasteiger charge is -2.06. The summed E-state index contributed by atoms with van der Waals surface area (Å²) in [5.41, 5.74) is 1.84. The van der Waals surface area contributed by atoms with Crippen LogP contribution in [-0.2, 0) is 21.1 Å². The minimum absolute atomic E-state index is 0.00478. The molecule has 0 saturated heterocycles. The first kappa shape index (κ1) is 13.7. The third kappa shape index (κ3) is 5.49. The lowest BCUT2D eigenvalue weighted by atomic mass is 10.1. The maximum Gasteiger partial charge on any atom is 0.225 e. The van der Waals surface area contributed by atoms with Gasteiger partial charge in [-0.2, -0.15) is 0 Å². The molecule has 0 saturated carbocycles. The summed E-state index contributed by atoms with van der Waals surface area (Å²) in [5.74, 6) is -0.393. The molecule has 4 nitrogen and oxygen atoms in total. The van der Waals surface area contributed by atoms with Gasteiger partial charge < -0.3 is 5.32 Å². The predicted molar refractivity (Wildman–Crippen MR) is 68.8 cm³/mol.